The summed E-state index contributed by atoms with van der Waals surface area (Å²) in [6, 6.07) is 10.3. The maximum absolute atomic E-state index is 15.0. The van der Waals surface area contributed by atoms with E-state index in [1.807, 2.05) is 6.07 Å². The molecule has 6 heteroatoms. The summed E-state index contributed by atoms with van der Waals surface area (Å²) in [4.78, 5) is 0. The van der Waals surface area contributed by atoms with Crippen LogP contribution >= 0.6 is 15.9 Å². The first-order valence-corrected chi connectivity index (χ1v) is 8.60. The Hall–Kier alpha value is -3.17. The van der Waals surface area contributed by atoms with E-state index < -0.39 is 17.6 Å². The van der Waals surface area contributed by atoms with Gasteiger partial charge in [-0.3, -0.25) is 0 Å². The highest BCUT2D eigenvalue weighted by Gasteiger charge is 2.12. The van der Waals surface area contributed by atoms with Gasteiger partial charge in [-0.25, -0.2) is 9.07 Å². The van der Waals surface area contributed by atoms with Crippen molar-refractivity contribution in [2.75, 3.05) is 0 Å². The molecule has 3 aromatic carbocycles. The van der Waals surface area contributed by atoms with Gasteiger partial charge in [0.2, 0.25) is 0 Å². The zero-order valence-electron chi connectivity index (χ0n) is 18.7. The average molecular weight is 427 g/mol. The molecule has 0 spiro atoms. The van der Waals surface area contributed by atoms with Crippen LogP contribution in [-0.2, 0) is 6.61 Å². The number of benzene rings is 3. The van der Waals surface area contributed by atoms with Gasteiger partial charge >= 0.3 is 0 Å². The summed E-state index contributed by atoms with van der Waals surface area (Å²) < 4.78 is 62.6. The molecule has 4 aromatic rings. The van der Waals surface area contributed by atoms with Crippen molar-refractivity contribution in [2.24, 2.45) is 0 Å². The van der Waals surface area contributed by atoms with Crippen molar-refractivity contribution in [2.45, 2.75) is 6.61 Å². The van der Waals surface area contributed by atoms with Gasteiger partial charge in [-0.05, 0) is 45.7 Å². The minimum Gasteiger partial charge on any atom is -0.486 e. The Morgan fingerprint density at radius 1 is 1.22 bits per heavy atom. The maximum Gasteiger partial charge on any atom is 0.167 e. The van der Waals surface area contributed by atoms with Gasteiger partial charge in [0.1, 0.15) is 6.61 Å². The minimum absolute atomic E-state index is 0.00557. The van der Waals surface area contributed by atoms with Gasteiger partial charge in [0, 0.05) is 15.9 Å². The number of hydrogen-bond donors (Lipinski definition) is 0. The van der Waals surface area contributed by atoms with Gasteiger partial charge < -0.3 is 4.74 Å². The molecule has 27 heavy (non-hydrogen) atoms. The van der Waals surface area contributed by atoms with Crippen LogP contribution in [0.2, 0.25) is 0 Å². The molecule has 0 aliphatic heterocycles. The number of halogens is 2. The molecule has 0 aliphatic carbocycles. The molecule has 0 radical (unpaired) electrons. The summed E-state index contributed by atoms with van der Waals surface area (Å²) in [5.74, 6) is -1.48. The number of nitriles is 1. The average Bonchev–Trinajstić information content (AvgIpc) is 3.13. The monoisotopic (exact) mass is 426 g/mol. The van der Waals surface area contributed by atoms with E-state index in [9.17, 15) is 5.26 Å². The Kier molecular flexibility index (Phi) is 3.28. The highest BCUT2D eigenvalue weighted by Crippen LogP contribution is 2.29. The second kappa shape index (κ2) is 7.22. The summed E-state index contributed by atoms with van der Waals surface area (Å²) in [5.41, 5.74) is 0.272. The summed E-state index contributed by atoms with van der Waals surface area (Å²) in [7, 11) is 0. The largest absolute Gasteiger partial charge is 0.486 e. The van der Waals surface area contributed by atoms with Crippen molar-refractivity contribution in [3.63, 3.8) is 0 Å². The quantitative estimate of drug-likeness (QED) is 0.440. The fourth-order valence-electron chi connectivity index (χ4n) is 2.48. The molecule has 0 atom stereocenters. The highest BCUT2D eigenvalue weighted by molar-refractivity contribution is 9.10. The van der Waals surface area contributed by atoms with E-state index in [1.54, 1.807) is 30.3 Å². The summed E-state index contributed by atoms with van der Waals surface area (Å²) in [6.07, 6.45) is -0.325. The van der Waals surface area contributed by atoms with Crippen molar-refractivity contribution in [1.29, 1.82) is 5.26 Å². The minimum atomic E-state index is -1.08. The lowest BCUT2D eigenvalue weighted by Gasteiger charge is -2.10. The predicted octanol–water partition coefficient (Wildman–Crippen LogP) is 5.38. The van der Waals surface area contributed by atoms with Crippen LogP contribution in [0.25, 0.3) is 16.6 Å². The molecule has 0 aliphatic rings. The van der Waals surface area contributed by atoms with E-state index >= 15 is 4.39 Å². The molecule has 0 unspecified atom stereocenters. The van der Waals surface area contributed by atoms with Gasteiger partial charge in [-0.15, -0.1) is 0 Å². The number of ether oxygens (including phenoxy) is 1. The van der Waals surface area contributed by atoms with Crippen molar-refractivity contribution in [3.05, 3.63) is 88.2 Å². The topological polar surface area (TPSA) is 50.8 Å². The van der Waals surface area contributed by atoms with Gasteiger partial charge in [0.05, 0.1) is 35.9 Å². The van der Waals surface area contributed by atoms with Crippen LogP contribution in [0.4, 0.5) is 4.39 Å². The van der Waals surface area contributed by atoms with Crippen LogP contribution in [0.5, 0.6) is 5.75 Å². The molecule has 0 fully saturated rings. The highest BCUT2D eigenvalue weighted by atomic mass is 79.9. The van der Waals surface area contributed by atoms with Crippen LogP contribution in [-0.4, -0.2) is 9.78 Å². The Morgan fingerprint density at radius 2 is 2.04 bits per heavy atom. The first kappa shape index (κ1) is 12.3. The number of hydrogen-bond acceptors (Lipinski definition) is 3. The van der Waals surface area contributed by atoms with Crippen LogP contribution in [0.3, 0.4) is 0 Å². The number of fused-ring (bicyclic) bond motifs is 1. The summed E-state index contributed by atoms with van der Waals surface area (Å²) in [6.45, 7) is 0.00557. The molecule has 0 amide bonds. The Balaban J connectivity index is 1.88. The zero-order chi connectivity index (χ0) is 23.2. The third-order valence-electron chi connectivity index (χ3n) is 3.75. The van der Waals surface area contributed by atoms with Crippen molar-refractivity contribution < 1.29 is 16.0 Å². The molecule has 132 valence electrons. The molecule has 0 bridgehead atoms. The SMILES string of the molecule is [2H]c1cc(-n2nc([2H])c3c(Br)c([2H])c(C#N)c([2H])c32)c([2H])c(F)c1OCc1ccccc1. The first-order chi connectivity index (χ1) is 15.3. The lowest BCUT2D eigenvalue weighted by atomic mass is 10.2. The van der Waals surface area contributed by atoms with E-state index in [4.69, 9.17) is 11.6 Å². The summed E-state index contributed by atoms with van der Waals surface area (Å²) in [5, 5.41) is 13.4. The number of nitrogens with zero attached hydrogens (tertiary/aromatic N) is 3. The standard InChI is InChI=1S/C21H13BrFN3O/c22-18-8-15(11-24)9-20-17(18)12-25-26(20)16-6-7-21(19(23)10-16)27-13-14-4-2-1-3-5-14/h1-10,12H,13H2/i7D,8D,9D,10D,12D. The van der Waals surface area contributed by atoms with E-state index in [-0.39, 0.29) is 57.5 Å². The van der Waals surface area contributed by atoms with E-state index in [1.165, 1.54) is 0 Å². The van der Waals surface area contributed by atoms with Crippen LogP contribution in [0.1, 0.15) is 18.0 Å². The summed E-state index contributed by atoms with van der Waals surface area (Å²) >= 11 is 3.17. The zero-order valence-corrected chi connectivity index (χ0v) is 15.3. The molecule has 1 heterocycles. The van der Waals surface area contributed by atoms with E-state index in [0.29, 0.717) is 0 Å². The van der Waals surface area contributed by atoms with Gasteiger partial charge in [-0.1, -0.05) is 30.3 Å². The van der Waals surface area contributed by atoms with Crippen molar-refractivity contribution in [1.82, 2.24) is 9.78 Å². The Morgan fingerprint density at radius 3 is 2.81 bits per heavy atom. The molecular formula is C21H13BrFN3O. The van der Waals surface area contributed by atoms with Crippen molar-refractivity contribution in [3.8, 4) is 17.5 Å². The van der Waals surface area contributed by atoms with Crippen LogP contribution < -0.4 is 4.74 Å². The number of rotatable bonds is 4. The maximum atomic E-state index is 15.0. The predicted molar refractivity (Wildman–Crippen MR) is 104 cm³/mol. The lowest BCUT2D eigenvalue weighted by molar-refractivity contribution is 0.290. The molecule has 0 saturated carbocycles. The normalized spacial score (nSPS) is 13.3. The first-order valence-electron chi connectivity index (χ1n) is 10.3. The lowest BCUT2D eigenvalue weighted by Crippen LogP contribution is -2.00. The fraction of sp³-hybridized carbons (Fsp3) is 0.0476. The molecule has 0 N–H and O–H groups in total. The third-order valence-corrected chi connectivity index (χ3v) is 4.35. The second-order valence-electron chi connectivity index (χ2n) is 5.51. The van der Waals surface area contributed by atoms with Crippen molar-refractivity contribution >= 4 is 26.8 Å². The van der Waals surface area contributed by atoms with E-state index in [0.717, 1.165) is 16.3 Å². The van der Waals surface area contributed by atoms with Gasteiger partial charge in [0.25, 0.3) is 0 Å². The van der Waals surface area contributed by atoms with Gasteiger partial charge in [0.15, 0.2) is 11.6 Å². The van der Waals surface area contributed by atoms with Gasteiger partial charge in [-0.2, -0.15) is 10.4 Å². The number of aromatic nitrogens is 2. The van der Waals surface area contributed by atoms with E-state index in [2.05, 4.69) is 21.0 Å². The Labute approximate surface area is 170 Å². The Bertz CT molecular complexity index is 1420. The molecule has 0 saturated heterocycles. The second-order valence-corrected chi connectivity index (χ2v) is 6.31. The fourth-order valence-corrected chi connectivity index (χ4v) is 2.96. The third kappa shape index (κ3) is 3.42. The molecule has 1 aromatic heterocycles. The smallest absolute Gasteiger partial charge is 0.167 e. The molecule has 4 rings (SSSR count). The molecular weight excluding hydrogens is 409 g/mol. The van der Waals surface area contributed by atoms with Crippen LogP contribution in [0, 0.1) is 17.1 Å². The van der Waals surface area contributed by atoms with Crippen LogP contribution in [0.15, 0.2) is 71.2 Å². The molecule has 4 nitrogen and oxygen atoms in total.